The Labute approximate surface area is 116 Å². The Morgan fingerprint density at radius 1 is 1.32 bits per heavy atom. The molecule has 104 valence electrons. The Morgan fingerprint density at radius 3 is 2.63 bits per heavy atom. The monoisotopic (exact) mass is 260 g/mol. The normalized spacial score (nSPS) is 19.1. The van der Waals surface area contributed by atoms with Crippen LogP contribution >= 0.6 is 0 Å². The Balaban J connectivity index is 1.94. The lowest BCUT2D eigenvalue weighted by atomic mass is 9.71. The summed E-state index contributed by atoms with van der Waals surface area (Å²) in [4.78, 5) is 12.3. The Bertz CT molecular complexity index is 438. The quantitative estimate of drug-likeness (QED) is 0.817. The van der Waals surface area contributed by atoms with Crippen molar-refractivity contribution >= 4 is 5.78 Å². The molecule has 0 amide bonds. The third kappa shape index (κ3) is 3.82. The molecule has 2 heteroatoms. The van der Waals surface area contributed by atoms with Crippen molar-refractivity contribution in [1.82, 2.24) is 0 Å². The second kappa shape index (κ2) is 5.77. The van der Waals surface area contributed by atoms with Crippen molar-refractivity contribution in [3.8, 4) is 5.75 Å². The summed E-state index contributed by atoms with van der Waals surface area (Å²) in [5.41, 5.74) is 1.49. The summed E-state index contributed by atoms with van der Waals surface area (Å²) < 4.78 is 5.20. The summed E-state index contributed by atoms with van der Waals surface area (Å²) in [5, 5.41) is 0. The van der Waals surface area contributed by atoms with Crippen molar-refractivity contribution in [2.24, 2.45) is 11.3 Å². The lowest BCUT2D eigenvalue weighted by Crippen LogP contribution is -2.27. The van der Waals surface area contributed by atoms with E-state index in [1.807, 2.05) is 24.3 Å². The molecule has 0 heterocycles. The maximum atomic E-state index is 12.3. The van der Waals surface area contributed by atoms with Gasteiger partial charge in [-0.15, -0.1) is 0 Å². The SMILES string of the molecule is COc1cccc(CC(=O)C2CCC(C)(C)CC2)c1. The van der Waals surface area contributed by atoms with Crippen LogP contribution in [0, 0.1) is 11.3 Å². The van der Waals surface area contributed by atoms with Gasteiger partial charge in [0, 0.05) is 12.3 Å². The van der Waals surface area contributed by atoms with Crippen molar-refractivity contribution in [3.05, 3.63) is 29.8 Å². The van der Waals surface area contributed by atoms with E-state index in [2.05, 4.69) is 13.8 Å². The predicted octanol–water partition coefficient (Wildman–Crippen LogP) is 4.02. The highest BCUT2D eigenvalue weighted by molar-refractivity contribution is 5.83. The number of hydrogen-bond acceptors (Lipinski definition) is 2. The molecule has 0 bridgehead atoms. The molecule has 0 saturated heterocycles. The molecular weight excluding hydrogens is 236 g/mol. The van der Waals surface area contributed by atoms with Crippen LogP contribution in [0.25, 0.3) is 0 Å². The Kier molecular flexibility index (Phi) is 4.28. The van der Waals surface area contributed by atoms with Crippen molar-refractivity contribution in [2.45, 2.75) is 46.0 Å². The largest absolute Gasteiger partial charge is 0.497 e. The number of carbonyl (C=O) groups excluding carboxylic acids is 1. The van der Waals surface area contributed by atoms with Crippen LogP contribution in [0.15, 0.2) is 24.3 Å². The molecule has 2 nitrogen and oxygen atoms in total. The summed E-state index contributed by atoms with van der Waals surface area (Å²) in [7, 11) is 1.66. The van der Waals surface area contributed by atoms with Gasteiger partial charge in [0.2, 0.25) is 0 Å². The van der Waals surface area contributed by atoms with Crippen LogP contribution in [0.5, 0.6) is 5.75 Å². The number of methoxy groups -OCH3 is 1. The molecule has 19 heavy (non-hydrogen) atoms. The number of ketones is 1. The van der Waals surface area contributed by atoms with Gasteiger partial charge in [-0.25, -0.2) is 0 Å². The smallest absolute Gasteiger partial charge is 0.140 e. The fourth-order valence-electron chi connectivity index (χ4n) is 2.85. The molecule has 1 aliphatic carbocycles. The zero-order valence-corrected chi connectivity index (χ0v) is 12.2. The van der Waals surface area contributed by atoms with Crippen molar-refractivity contribution in [3.63, 3.8) is 0 Å². The highest BCUT2D eigenvalue weighted by Crippen LogP contribution is 2.38. The molecule has 0 aliphatic heterocycles. The number of benzene rings is 1. The van der Waals surface area contributed by atoms with Gasteiger partial charge in [0.15, 0.2) is 0 Å². The number of hydrogen-bond donors (Lipinski definition) is 0. The number of carbonyl (C=O) groups is 1. The first-order valence-electron chi connectivity index (χ1n) is 7.16. The van der Waals surface area contributed by atoms with Gasteiger partial charge in [-0.2, -0.15) is 0 Å². The maximum Gasteiger partial charge on any atom is 0.140 e. The van der Waals surface area contributed by atoms with Gasteiger partial charge in [-0.1, -0.05) is 26.0 Å². The molecule has 2 rings (SSSR count). The van der Waals surface area contributed by atoms with E-state index >= 15 is 0 Å². The van der Waals surface area contributed by atoms with Gasteiger partial charge in [-0.05, 0) is 48.8 Å². The number of rotatable bonds is 4. The summed E-state index contributed by atoms with van der Waals surface area (Å²) >= 11 is 0. The second-order valence-corrected chi connectivity index (χ2v) is 6.43. The molecule has 0 spiro atoms. The molecule has 0 unspecified atom stereocenters. The van der Waals surface area contributed by atoms with Crippen molar-refractivity contribution < 1.29 is 9.53 Å². The lowest BCUT2D eigenvalue weighted by Gasteiger charge is -2.33. The summed E-state index contributed by atoms with van der Waals surface area (Å²) in [6, 6.07) is 7.83. The maximum absolute atomic E-state index is 12.3. The number of Topliss-reactive ketones (excluding diaryl/α,β-unsaturated/α-hetero) is 1. The summed E-state index contributed by atoms with van der Waals surface area (Å²) in [6.07, 6.45) is 4.98. The molecule has 0 radical (unpaired) electrons. The topological polar surface area (TPSA) is 26.3 Å². The van der Waals surface area contributed by atoms with Crippen LogP contribution in [0.2, 0.25) is 0 Å². The molecule has 0 aromatic heterocycles. The van der Waals surface area contributed by atoms with E-state index in [4.69, 9.17) is 4.74 Å². The molecule has 0 atom stereocenters. The van der Waals surface area contributed by atoms with Gasteiger partial charge < -0.3 is 4.74 Å². The van der Waals surface area contributed by atoms with E-state index in [0.717, 1.165) is 24.2 Å². The fraction of sp³-hybridized carbons (Fsp3) is 0.588. The van der Waals surface area contributed by atoms with Crippen LogP contribution in [-0.4, -0.2) is 12.9 Å². The number of ether oxygens (including phenoxy) is 1. The first-order valence-corrected chi connectivity index (χ1v) is 7.16. The van der Waals surface area contributed by atoms with Crippen LogP contribution < -0.4 is 4.74 Å². The lowest BCUT2D eigenvalue weighted by molar-refractivity contribution is -0.123. The zero-order valence-electron chi connectivity index (χ0n) is 12.2. The minimum absolute atomic E-state index is 0.263. The minimum Gasteiger partial charge on any atom is -0.497 e. The van der Waals surface area contributed by atoms with E-state index in [-0.39, 0.29) is 5.92 Å². The van der Waals surface area contributed by atoms with E-state index in [0.29, 0.717) is 17.6 Å². The zero-order chi connectivity index (χ0) is 13.9. The van der Waals surface area contributed by atoms with Crippen molar-refractivity contribution in [2.75, 3.05) is 7.11 Å². The van der Waals surface area contributed by atoms with E-state index in [1.165, 1.54) is 12.8 Å². The van der Waals surface area contributed by atoms with E-state index < -0.39 is 0 Å². The minimum atomic E-state index is 0.263. The fourth-order valence-corrected chi connectivity index (χ4v) is 2.85. The molecule has 1 aromatic carbocycles. The third-order valence-corrected chi connectivity index (χ3v) is 4.31. The molecule has 1 aromatic rings. The van der Waals surface area contributed by atoms with Crippen LogP contribution in [0.1, 0.15) is 45.1 Å². The molecule has 1 saturated carbocycles. The predicted molar refractivity (Wildman–Crippen MR) is 77.4 cm³/mol. The Morgan fingerprint density at radius 2 is 2.00 bits per heavy atom. The first kappa shape index (κ1) is 14.1. The third-order valence-electron chi connectivity index (χ3n) is 4.31. The van der Waals surface area contributed by atoms with E-state index in [9.17, 15) is 4.79 Å². The van der Waals surface area contributed by atoms with Gasteiger partial charge in [0.1, 0.15) is 11.5 Å². The van der Waals surface area contributed by atoms with Crippen molar-refractivity contribution in [1.29, 1.82) is 0 Å². The Hall–Kier alpha value is -1.31. The second-order valence-electron chi connectivity index (χ2n) is 6.43. The van der Waals surface area contributed by atoms with Crippen LogP contribution in [-0.2, 0) is 11.2 Å². The van der Waals surface area contributed by atoms with E-state index in [1.54, 1.807) is 7.11 Å². The van der Waals surface area contributed by atoms with Gasteiger partial charge in [0.05, 0.1) is 7.11 Å². The van der Waals surface area contributed by atoms with Crippen LogP contribution in [0.4, 0.5) is 0 Å². The standard InChI is InChI=1S/C17H24O2/c1-17(2)9-7-14(8-10-17)16(18)12-13-5-4-6-15(11-13)19-3/h4-6,11,14H,7-10,12H2,1-3H3. The molecular formula is C17H24O2. The molecule has 0 N–H and O–H groups in total. The average molecular weight is 260 g/mol. The highest BCUT2D eigenvalue weighted by atomic mass is 16.5. The van der Waals surface area contributed by atoms with Gasteiger partial charge in [0.25, 0.3) is 0 Å². The van der Waals surface area contributed by atoms with Gasteiger partial charge >= 0.3 is 0 Å². The summed E-state index contributed by atoms with van der Waals surface area (Å²) in [5.74, 6) is 1.48. The van der Waals surface area contributed by atoms with Crippen LogP contribution in [0.3, 0.4) is 0 Å². The average Bonchev–Trinajstić information content (AvgIpc) is 2.38. The first-order chi connectivity index (χ1) is 9.00. The summed E-state index contributed by atoms with van der Waals surface area (Å²) in [6.45, 7) is 4.60. The molecule has 1 fully saturated rings. The highest BCUT2D eigenvalue weighted by Gasteiger charge is 2.30. The van der Waals surface area contributed by atoms with Gasteiger partial charge in [-0.3, -0.25) is 4.79 Å². The molecule has 1 aliphatic rings.